The van der Waals surface area contributed by atoms with Crippen molar-refractivity contribution in [1.29, 1.82) is 0 Å². The number of hydrogen-bond donors (Lipinski definition) is 3. The molecule has 0 fully saturated rings. The fraction of sp³-hybridized carbons (Fsp3) is 0.188. The summed E-state index contributed by atoms with van der Waals surface area (Å²) in [5.74, 6) is 0.169. The fourth-order valence-corrected chi connectivity index (χ4v) is 3.00. The highest BCUT2D eigenvalue weighted by atomic mass is 35.5. The first-order chi connectivity index (χ1) is 13.2. The summed E-state index contributed by atoms with van der Waals surface area (Å²) in [7, 11) is -3.69. The first kappa shape index (κ1) is 19.8. The summed E-state index contributed by atoms with van der Waals surface area (Å²) in [5.41, 5.74) is -0.0943. The van der Waals surface area contributed by atoms with Gasteiger partial charge in [0.25, 0.3) is 0 Å². The topological polar surface area (TPSA) is 114 Å². The molecule has 2 aromatic heterocycles. The van der Waals surface area contributed by atoms with E-state index in [2.05, 4.69) is 30.4 Å². The maximum absolute atomic E-state index is 14.1. The summed E-state index contributed by atoms with van der Waals surface area (Å²) in [6, 6.07) is 5.81. The lowest BCUT2D eigenvalue weighted by molar-refractivity contribution is 0.604. The molecule has 0 bridgehead atoms. The van der Waals surface area contributed by atoms with Gasteiger partial charge in [0.15, 0.2) is 11.6 Å². The Morgan fingerprint density at radius 2 is 2.04 bits per heavy atom. The van der Waals surface area contributed by atoms with Crippen molar-refractivity contribution in [3.63, 3.8) is 0 Å². The number of aryl methyl sites for hydroxylation is 1. The van der Waals surface area contributed by atoms with Crippen LogP contribution in [0.3, 0.4) is 0 Å². The number of anilines is 5. The summed E-state index contributed by atoms with van der Waals surface area (Å²) in [6.07, 6.45) is 4.09. The maximum Gasteiger partial charge on any atom is 0.230 e. The van der Waals surface area contributed by atoms with Crippen LogP contribution < -0.4 is 15.4 Å². The molecule has 0 aliphatic rings. The van der Waals surface area contributed by atoms with Crippen LogP contribution in [0.1, 0.15) is 6.92 Å². The Balaban J connectivity index is 1.89. The molecule has 0 spiro atoms. The predicted octanol–water partition coefficient (Wildman–Crippen LogP) is 3.34. The van der Waals surface area contributed by atoms with E-state index in [9.17, 15) is 12.8 Å². The summed E-state index contributed by atoms with van der Waals surface area (Å²) in [6.45, 7) is 2.67. The molecule has 0 saturated heterocycles. The standard InChI is InChI=1S/C16H17ClFN7O2S/c1-3-25-8-7-13(23-25)21-16-19-9-10(17)15(22-16)20-12-6-4-5-11(18)14(12)24-28(2,26)27/h4-9,24H,3H2,1-2H3,(H2,19,20,21,22,23). The molecule has 0 aliphatic carbocycles. The fourth-order valence-electron chi connectivity index (χ4n) is 2.28. The quantitative estimate of drug-likeness (QED) is 0.531. The number of hydrogen-bond acceptors (Lipinski definition) is 7. The van der Waals surface area contributed by atoms with E-state index in [1.165, 1.54) is 18.3 Å². The minimum absolute atomic E-state index is 0.146. The summed E-state index contributed by atoms with van der Waals surface area (Å²) >= 11 is 6.13. The number of nitrogens with zero attached hydrogens (tertiary/aromatic N) is 4. The van der Waals surface area contributed by atoms with Gasteiger partial charge < -0.3 is 10.6 Å². The van der Waals surface area contributed by atoms with E-state index >= 15 is 0 Å². The number of sulfonamides is 1. The first-order valence-electron chi connectivity index (χ1n) is 8.11. The third-order valence-corrected chi connectivity index (χ3v) is 4.35. The van der Waals surface area contributed by atoms with Gasteiger partial charge >= 0.3 is 0 Å². The molecule has 0 atom stereocenters. The van der Waals surface area contributed by atoms with Crippen LogP contribution in [0.5, 0.6) is 0 Å². The number of nitrogens with one attached hydrogen (secondary N) is 3. The van der Waals surface area contributed by atoms with E-state index in [-0.39, 0.29) is 28.2 Å². The molecular weight excluding hydrogens is 409 g/mol. The third-order valence-electron chi connectivity index (χ3n) is 3.50. The number of benzene rings is 1. The van der Waals surface area contributed by atoms with E-state index < -0.39 is 15.8 Å². The molecule has 0 amide bonds. The van der Waals surface area contributed by atoms with Crippen molar-refractivity contribution >= 4 is 50.6 Å². The Morgan fingerprint density at radius 3 is 2.71 bits per heavy atom. The molecule has 12 heteroatoms. The summed E-state index contributed by atoms with van der Waals surface area (Å²) < 4.78 is 41.1. The first-order valence-corrected chi connectivity index (χ1v) is 10.4. The number of rotatable bonds is 7. The van der Waals surface area contributed by atoms with E-state index in [0.717, 1.165) is 12.3 Å². The van der Waals surface area contributed by atoms with Crippen LogP contribution in [0.4, 0.5) is 33.3 Å². The van der Waals surface area contributed by atoms with Gasteiger partial charge in [0.2, 0.25) is 16.0 Å². The van der Waals surface area contributed by atoms with Crippen molar-refractivity contribution in [1.82, 2.24) is 19.7 Å². The van der Waals surface area contributed by atoms with E-state index in [1.54, 1.807) is 16.9 Å². The second-order valence-electron chi connectivity index (χ2n) is 5.73. The lowest BCUT2D eigenvalue weighted by Gasteiger charge is -2.14. The second-order valence-corrected chi connectivity index (χ2v) is 7.89. The van der Waals surface area contributed by atoms with Gasteiger partial charge in [-0.25, -0.2) is 17.8 Å². The Kier molecular flexibility index (Phi) is 5.66. The van der Waals surface area contributed by atoms with Crippen LogP contribution in [0, 0.1) is 5.82 Å². The van der Waals surface area contributed by atoms with Crippen LogP contribution in [0.25, 0.3) is 0 Å². The number of aromatic nitrogens is 4. The summed E-state index contributed by atoms with van der Waals surface area (Å²) in [5, 5.41) is 10.2. The average molecular weight is 426 g/mol. The number of para-hydroxylation sites is 1. The molecule has 1 aromatic carbocycles. The monoisotopic (exact) mass is 425 g/mol. The van der Waals surface area contributed by atoms with Gasteiger partial charge in [-0.3, -0.25) is 9.40 Å². The van der Waals surface area contributed by atoms with Gasteiger partial charge in [-0.05, 0) is 19.1 Å². The van der Waals surface area contributed by atoms with Crippen molar-refractivity contribution in [2.45, 2.75) is 13.5 Å². The minimum Gasteiger partial charge on any atom is -0.337 e. The smallest absolute Gasteiger partial charge is 0.230 e. The van der Waals surface area contributed by atoms with Crippen molar-refractivity contribution < 1.29 is 12.8 Å². The Labute approximate surface area is 166 Å². The molecule has 0 unspecified atom stereocenters. The van der Waals surface area contributed by atoms with Gasteiger partial charge in [-0.1, -0.05) is 17.7 Å². The molecule has 3 N–H and O–H groups in total. The largest absolute Gasteiger partial charge is 0.337 e. The van der Waals surface area contributed by atoms with Crippen LogP contribution in [0.15, 0.2) is 36.7 Å². The highest BCUT2D eigenvalue weighted by Gasteiger charge is 2.15. The van der Waals surface area contributed by atoms with Crippen molar-refractivity contribution in [2.24, 2.45) is 0 Å². The third kappa shape index (κ3) is 4.87. The van der Waals surface area contributed by atoms with Crippen LogP contribution >= 0.6 is 11.6 Å². The zero-order valence-corrected chi connectivity index (χ0v) is 16.5. The van der Waals surface area contributed by atoms with Crippen LogP contribution in [0.2, 0.25) is 5.02 Å². The molecular formula is C16H17ClFN7O2S. The Bertz CT molecular complexity index is 1100. The number of halogens is 2. The van der Waals surface area contributed by atoms with E-state index in [1.807, 2.05) is 6.92 Å². The molecule has 0 radical (unpaired) electrons. The maximum atomic E-state index is 14.1. The Hall–Kier alpha value is -2.92. The van der Waals surface area contributed by atoms with Crippen molar-refractivity contribution in [3.05, 3.63) is 47.5 Å². The highest BCUT2D eigenvalue weighted by molar-refractivity contribution is 7.92. The van der Waals surface area contributed by atoms with Crippen molar-refractivity contribution in [3.8, 4) is 0 Å². The molecule has 148 valence electrons. The molecule has 0 aliphatic heterocycles. The van der Waals surface area contributed by atoms with E-state index in [0.29, 0.717) is 12.4 Å². The van der Waals surface area contributed by atoms with Gasteiger partial charge in [-0.2, -0.15) is 10.1 Å². The second kappa shape index (κ2) is 7.98. The lowest BCUT2D eigenvalue weighted by atomic mass is 10.2. The molecule has 9 nitrogen and oxygen atoms in total. The zero-order chi connectivity index (χ0) is 20.3. The van der Waals surface area contributed by atoms with Gasteiger partial charge in [0, 0.05) is 18.8 Å². The predicted molar refractivity (Wildman–Crippen MR) is 106 cm³/mol. The Morgan fingerprint density at radius 1 is 1.25 bits per heavy atom. The SMILES string of the molecule is CCn1ccc(Nc2ncc(Cl)c(Nc3cccc(F)c3NS(C)(=O)=O)n2)n1. The normalized spacial score (nSPS) is 11.3. The van der Waals surface area contributed by atoms with Crippen molar-refractivity contribution in [2.75, 3.05) is 21.6 Å². The molecule has 3 aromatic rings. The lowest BCUT2D eigenvalue weighted by Crippen LogP contribution is -2.13. The van der Waals surface area contributed by atoms with Crippen LogP contribution in [-0.2, 0) is 16.6 Å². The average Bonchev–Trinajstić information content (AvgIpc) is 3.07. The minimum atomic E-state index is -3.69. The summed E-state index contributed by atoms with van der Waals surface area (Å²) in [4.78, 5) is 8.33. The molecule has 3 rings (SSSR count). The molecule has 2 heterocycles. The van der Waals surface area contributed by atoms with Gasteiger partial charge in [0.1, 0.15) is 16.5 Å². The molecule has 0 saturated carbocycles. The van der Waals surface area contributed by atoms with Gasteiger partial charge in [0.05, 0.1) is 18.1 Å². The van der Waals surface area contributed by atoms with E-state index in [4.69, 9.17) is 11.6 Å². The van der Waals surface area contributed by atoms with Crippen LogP contribution in [-0.4, -0.2) is 34.4 Å². The molecule has 28 heavy (non-hydrogen) atoms. The van der Waals surface area contributed by atoms with Gasteiger partial charge in [-0.15, -0.1) is 0 Å². The zero-order valence-electron chi connectivity index (χ0n) is 14.9. The highest BCUT2D eigenvalue weighted by Crippen LogP contribution is 2.31.